The van der Waals surface area contributed by atoms with Crippen molar-refractivity contribution in [3.63, 3.8) is 0 Å². The first-order valence-corrected chi connectivity index (χ1v) is 8.00. The lowest BCUT2D eigenvalue weighted by molar-refractivity contribution is 0.200. The van der Waals surface area contributed by atoms with Gasteiger partial charge in [-0.3, -0.25) is 9.88 Å². The van der Waals surface area contributed by atoms with Gasteiger partial charge >= 0.3 is 0 Å². The van der Waals surface area contributed by atoms with Gasteiger partial charge in [0.05, 0.1) is 6.26 Å². The van der Waals surface area contributed by atoms with E-state index in [1.807, 2.05) is 12.1 Å². The fourth-order valence-corrected chi connectivity index (χ4v) is 3.10. The van der Waals surface area contributed by atoms with E-state index in [-0.39, 0.29) is 6.04 Å². The summed E-state index contributed by atoms with van der Waals surface area (Å²) in [5.41, 5.74) is 1.25. The molecule has 0 aromatic carbocycles. The lowest BCUT2D eigenvalue weighted by atomic mass is 10.1. The quantitative estimate of drug-likeness (QED) is 0.869. The van der Waals surface area contributed by atoms with Crippen LogP contribution in [0.5, 0.6) is 0 Å². The number of piperidine rings is 1. The number of hydrogen-bond donors (Lipinski definition) is 1. The highest BCUT2D eigenvalue weighted by Gasteiger charge is 2.21. The van der Waals surface area contributed by atoms with Crippen molar-refractivity contribution in [1.82, 2.24) is 14.6 Å². The Labute approximate surface area is 108 Å². The van der Waals surface area contributed by atoms with E-state index >= 15 is 0 Å². The molecule has 100 valence electrons. The number of nitrogens with one attached hydrogen (secondary N) is 1. The van der Waals surface area contributed by atoms with Gasteiger partial charge in [-0.15, -0.1) is 0 Å². The maximum atomic E-state index is 11.1. The van der Waals surface area contributed by atoms with Crippen molar-refractivity contribution in [3.05, 3.63) is 30.1 Å². The number of sulfonamides is 1. The second-order valence-electron chi connectivity index (χ2n) is 4.80. The molecule has 2 heterocycles. The predicted octanol–water partition coefficient (Wildman–Crippen LogP) is 0.595. The Morgan fingerprint density at radius 1 is 1.33 bits per heavy atom. The van der Waals surface area contributed by atoms with Crippen LogP contribution in [0.15, 0.2) is 24.5 Å². The van der Waals surface area contributed by atoms with Gasteiger partial charge in [-0.1, -0.05) is 0 Å². The van der Waals surface area contributed by atoms with E-state index < -0.39 is 10.0 Å². The van der Waals surface area contributed by atoms with E-state index in [9.17, 15) is 8.42 Å². The fourth-order valence-electron chi connectivity index (χ4n) is 2.26. The van der Waals surface area contributed by atoms with Gasteiger partial charge in [-0.05, 0) is 30.5 Å². The third-order valence-corrected chi connectivity index (χ3v) is 3.89. The second-order valence-corrected chi connectivity index (χ2v) is 6.58. The van der Waals surface area contributed by atoms with Gasteiger partial charge in [0, 0.05) is 38.1 Å². The van der Waals surface area contributed by atoms with Gasteiger partial charge in [0.1, 0.15) is 0 Å². The summed E-state index contributed by atoms with van der Waals surface area (Å²) in [4.78, 5) is 6.34. The molecule has 5 nitrogen and oxygen atoms in total. The molecule has 1 aliphatic rings. The molecule has 0 aliphatic carbocycles. The molecule has 1 aliphatic heterocycles. The van der Waals surface area contributed by atoms with Crippen molar-refractivity contribution in [2.75, 3.05) is 19.3 Å². The number of rotatable bonds is 4. The summed E-state index contributed by atoms with van der Waals surface area (Å²) in [6.07, 6.45) is 6.56. The second kappa shape index (κ2) is 5.77. The van der Waals surface area contributed by atoms with Crippen molar-refractivity contribution in [2.45, 2.75) is 25.4 Å². The minimum absolute atomic E-state index is 0.0914. The molecule has 18 heavy (non-hydrogen) atoms. The normalized spacial score (nSPS) is 18.9. The first kappa shape index (κ1) is 13.5. The largest absolute Gasteiger partial charge is 0.299 e. The van der Waals surface area contributed by atoms with Gasteiger partial charge in [0.2, 0.25) is 10.0 Å². The summed E-state index contributed by atoms with van der Waals surface area (Å²) in [7, 11) is -3.08. The third kappa shape index (κ3) is 4.36. The Hall–Kier alpha value is -0.980. The number of hydrogen-bond acceptors (Lipinski definition) is 4. The standard InChI is InChI=1S/C12H19N3O2S/c1-18(16,17)14-12-4-8-15(9-5-12)10-11-2-6-13-7-3-11/h2-3,6-7,12,14H,4-5,8-10H2,1H3. The molecule has 2 rings (SSSR count). The summed E-state index contributed by atoms with van der Waals surface area (Å²) >= 11 is 0. The zero-order chi connectivity index (χ0) is 13.0. The van der Waals surface area contributed by atoms with E-state index in [4.69, 9.17) is 0 Å². The van der Waals surface area contributed by atoms with Crippen LogP contribution in [0.25, 0.3) is 0 Å². The lowest BCUT2D eigenvalue weighted by Gasteiger charge is -2.31. The van der Waals surface area contributed by atoms with Crippen molar-refractivity contribution in [1.29, 1.82) is 0 Å². The van der Waals surface area contributed by atoms with E-state index in [0.717, 1.165) is 32.5 Å². The summed E-state index contributed by atoms with van der Waals surface area (Å²) in [5, 5.41) is 0. The fraction of sp³-hybridized carbons (Fsp3) is 0.583. The Balaban J connectivity index is 1.80. The lowest BCUT2D eigenvalue weighted by Crippen LogP contribution is -2.43. The third-order valence-electron chi connectivity index (χ3n) is 3.12. The average molecular weight is 269 g/mol. The molecule has 0 spiro atoms. The maximum Gasteiger partial charge on any atom is 0.208 e. The van der Waals surface area contributed by atoms with Crippen LogP contribution >= 0.6 is 0 Å². The molecule has 1 fully saturated rings. The Kier molecular flexibility index (Phi) is 4.31. The van der Waals surface area contributed by atoms with E-state index in [1.54, 1.807) is 12.4 Å². The summed E-state index contributed by atoms with van der Waals surface area (Å²) < 4.78 is 25.0. The van der Waals surface area contributed by atoms with Crippen LogP contribution in [-0.2, 0) is 16.6 Å². The van der Waals surface area contributed by atoms with Gasteiger partial charge < -0.3 is 0 Å². The molecule has 1 saturated heterocycles. The van der Waals surface area contributed by atoms with Crippen LogP contribution in [0.1, 0.15) is 18.4 Å². The van der Waals surface area contributed by atoms with E-state index in [0.29, 0.717) is 0 Å². The molecule has 1 aromatic rings. The van der Waals surface area contributed by atoms with Crippen LogP contribution in [-0.4, -0.2) is 43.7 Å². The summed E-state index contributed by atoms with van der Waals surface area (Å²) in [6.45, 7) is 2.76. The minimum atomic E-state index is -3.08. The molecule has 0 amide bonds. The predicted molar refractivity (Wildman–Crippen MR) is 70.5 cm³/mol. The molecule has 1 N–H and O–H groups in total. The monoisotopic (exact) mass is 269 g/mol. The van der Waals surface area contributed by atoms with Gasteiger partial charge in [0.25, 0.3) is 0 Å². The van der Waals surface area contributed by atoms with Gasteiger partial charge in [-0.2, -0.15) is 0 Å². The van der Waals surface area contributed by atoms with Gasteiger partial charge in [-0.25, -0.2) is 13.1 Å². The summed E-state index contributed by atoms with van der Waals surface area (Å²) in [6, 6.07) is 4.12. The van der Waals surface area contributed by atoms with Crippen LogP contribution in [0, 0.1) is 0 Å². The first-order chi connectivity index (χ1) is 8.53. The van der Waals surface area contributed by atoms with Crippen LogP contribution in [0.3, 0.4) is 0 Å². The smallest absolute Gasteiger partial charge is 0.208 e. The topological polar surface area (TPSA) is 62.3 Å². The number of nitrogens with zero attached hydrogens (tertiary/aromatic N) is 2. The van der Waals surface area contributed by atoms with Gasteiger partial charge in [0.15, 0.2) is 0 Å². The Bertz CT molecular complexity index is 467. The highest BCUT2D eigenvalue weighted by Crippen LogP contribution is 2.13. The number of aromatic nitrogens is 1. The maximum absolute atomic E-state index is 11.1. The summed E-state index contributed by atoms with van der Waals surface area (Å²) in [5.74, 6) is 0. The first-order valence-electron chi connectivity index (χ1n) is 6.11. The molecule has 0 atom stereocenters. The van der Waals surface area contributed by atoms with Crippen LogP contribution in [0.4, 0.5) is 0 Å². The highest BCUT2D eigenvalue weighted by molar-refractivity contribution is 7.88. The zero-order valence-corrected chi connectivity index (χ0v) is 11.4. The zero-order valence-electron chi connectivity index (χ0n) is 10.5. The SMILES string of the molecule is CS(=O)(=O)NC1CCN(Cc2ccncc2)CC1. The number of likely N-dealkylation sites (tertiary alicyclic amines) is 1. The van der Waals surface area contributed by atoms with Crippen molar-refractivity contribution in [3.8, 4) is 0 Å². The van der Waals surface area contributed by atoms with Crippen LogP contribution < -0.4 is 4.72 Å². The van der Waals surface area contributed by atoms with Crippen LogP contribution in [0.2, 0.25) is 0 Å². The Morgan fingerprint density at radius 2 is 1.94 bits per heavy atom. The highest BCUT2D eigenvalue weighted by atomic mass is 32.2. The molecule has 0 bridgehead atoms. The molecule has 0 unspecified atom stereocenters. The molecular weight excluding hydrogens is 250 g/mol. The Morgan fingerprint density at radius 3 is 2.50 bits per heavy atom. The van der Waals surface area contributed by atoms with Crippen molar-refractivity contribution >= 4 is 10.0 Å². The van der Waals surface area contributed by atoms with E-state index in [1.165, 1.54) is 11.8 Å². The van der Waals surface area contributed by atoms with Crippen molar-refractivity contribution in [2.24, 2.45) is 0 Å². The molecule has 1 aromatic heterocycles. The average Bonchev–Trinajstić information content (AvgIpc) is 2.31. The minimum Gasteiger partial charge on any atom is -0.299 e. The molecule has 0 radical (unpaired) electrons. The molecule has 6 heteroatoms. The van der Waals surface area contributed by atoms with E-state index in [2.05, 4.69) is 14.6 Å². The van der Waals surface area contributed by atoms with Crippen molar-refractivity contribution < 1.29 is 8.42 Å². The molecular formula is C12H19N3O2S. The molecule has 0 saturated carbocycles. The number of pyridine rings is 1.